The predicted molar refractivity (Wildman–Crippen MR) is 122 cm³/mol. The number of benzene rings is 1. The summed E-state index contributed by atoms with van der Waals surface area (Å²) < 4.78 is 5.59. The molecule has 3 fully saturated rings. The predicted octanol–water partition coefficient (Wildman–Crippen LogP) is 3.25. The average molecular weight is 437 g/mol. The van der Waals surface area contributed by atoms with Crippen LogP contribution in [0.25, 0.3) is 0 Å². The van der Waals surface area contributed by atoms with E-state index in [0.717, 1.165) is 31.2 Å². The molecule has 170 valence electrons. The Bertz CT molecular complexity index is 926. The second-order valence-corrected chi connectivity index (χ2v) is 9.52. The zero-order chi connectivity index (χ0) is 22.2. The standard InChI is InChI=1S/C25H32N4O3/c1-28(17-8-9-17)24(30)27-21-12-11-19-20-14-18(10-13-22(20)29(2)23(19)21)32-25(31)26-15-16-6-4-3-5-7-16/h3-7,10,13-14,17,19-23H,8-9,11-12,15H2,1-2H3,(H,26,31)(H,27,30). The topological polar surface area (TPSA) is 73.9 Å². The Morgan fingerprint density at radius 2 is 1.94 bits per heavy atom. The Hall–Kier alpha value is -2.80. The van der Waals surface area contributed by atoms with Gasteiger partial charge in [-0.25, -0.2) is 9.59 Å². The lowest BCUT2D eigenvalue weighted by atomic mass is 9.85. The monoisotopic (exact) mass is 436 g/mol. The third-order valence-electron chi connectivity index (χ3n) is 7.52. The molecule has 1 saturated heterocycles. The molecule has 0 aromatic heterocycles. The minimum Gasteiger partial charge on any atom is -0.411 e. The van der Waals surface area contributed by atoms with Crippen molar-refractivity contribution in [2.24, 2.45) is 11.8 Å². The highest BCUT2D eigenvalue weighted by Crippen LogP contribution is 2.47. The number of likely N-dealkylation sites (tertiary alicyclic amines) is 1. The second kappa shape index (κ2) is 8.62. The number of hydrogen-bond donors (Lipinski definition) is 2. The van der Waals surface area contributed by atoms with E-state index in [2.05, 4.69) is 34.7 Å². The van der Waals surface area contributed by atoms with Crippen molar-refractivity contribution in [3.8, 4) is 0 Å². The first-order chi connectivity index (χ1) is 15.5. The van der Waals surface area contributed by atoms with Gasteiger partial charge in [-0.3, -0.25) is 4.90 Å². The van der Waals surface area contributed by atoms with Crippen molar-refractivity contribution >= 4 is 12.1 Å². The van der Waals surface area contributed by atoms with Crippen molar-refractivity contribution in [3.05, 3.63) is 59.9 Å². The fourth-order valence-electron chi connectivity index (χ4n) is 5.69. The van der Waals surface area contributed by atoms with Crippen molar-refractivity contribution in [3.63, 3.8) is 0 Å². The molecule has 5 atom stereocenters. The molecule has 4 aliphatic rings. The van der Waals surface area contributed by atoms with Crippen LogP contribution in [0.1, 0.15) is 31.2 Å². The van der Waals surface area contributed by atoms with Crippen LogP contribution in [0.2, 0.25) is 0 Å². The third kappa shape index (κ3) is 4.13. The van der Waals surface area contributed by atoms with Crippen LogP contribution in [0.15, 0.2) is 54.3 Å². The fraction of sp³-hybridized carbons (Fsp3) is 0.520. The van der Waals surface area contributed by atoms with Gasteiger partial charge in [-0.05, 0) is 56.4 Å². The van der Waals surface area contributed by atoms with Gasteiger partial charge in [0.2, 0.25) is 0 Å². The minimum atomic E-state index is -0.439. The van der Waals surface area contributed by atoms with Gasteiger partial charge in [-0.15, -0.1) is 0 Å². The van der Waals surface area contributed by atoms with Crippen molar-refractivity contribution in [2.75, 3.05) is 14.1 Å². The Balaban J connectivity index is 1.20. The van der Waals surface area contributed by atoms with E-state index in [1.54, 1.807) is 0 Å². The first-order valence-corrected chi connectivity index (χ1v) is 11.7. The number of carbonyl (C=O) groups is 2. The number of carbonyl (C=O) groups excluding carboxylic acids is 2. The summed E-state index contributed by atoms with van der Waals surface area (Å²) in [5.41, 5.74) is 1.03. The molecule has 32 heavy (non-hydrogen) atoms. The number of rotatable bonds is 5. The SMILES string of the molecule is CN(C(=O)NC1CCC2C3C=C(OC(=O)NCc4ccccc4)C=CC3N(C)C12)C1CC1. The number of ether oxygens (including phenoxy) is 1. The summed E-state index contributed by atoms with van der Waals surface area (Å²) in [5.74, 6) is 1.33. The molecule has 0 bridgehead atoms. The first kappa shape index (κ1) is 21.1. The lowest BCUT2D eigenvalue weighted by molar-refractivity contribution is 0.176. The van der Waals surface area contributed by atoms with E-state index in [0.29, 0.717) is 30.3 Å². The number of nitrogens with zero attached hydrogens (tertiary/aromatic N) is 2. The molecule has 0 radical (unpaired) electrons. The number of hydrogen-bond acceptors (Lipinski definition) is 4. The number of alkyl carbamates (subject to hydrolysis) is 1. The molecule has 7 nitrogen and oxygen atoms in total. The molecule has 5 unspecified atom stereocenters. The highest BCUT2D eigenvalue weighted by Gasteiger charge is 2.53. The van der Waals surface area contributed by atoms with Crippen LogP contribution in [0.5, 0.6) is 0 Å². The number of likely N-dealkylation sites (N-methyl/N-ethyl adjacent to an activating group) is 1. The molecule has 1 heterocycles. The van der Waals surface area contributed by atoms with Gasteiger partial charge in [0, 0.05) is 43.7 Å². The number of fused-ring (bicyclic) bond motifs is 3. The first-order valence-electron chi connectivity index (χ1n) is 11.7. The van der Waals surface area contributed by atoms with E-state index in [9.17, 15) is 9.59 Å². The van der Waals surface area contributed by atoms with Crippen molar-refractivity contribution < 1.29 is 14.3 Å². The third-order valence-corrected chi connectivity index (χ3v) is 7.52. The summed E-state index contributed by atoms with van der Waals surface area (Å²) in [6.45, 7) is 0.437. The van der Waals surface area contributed by atoms with Crippen LogP contribution in [-0.4, -0.2) is 60.2 Å². The summed E-state index contributed by atoms with van der Waals surface area (Å²) in [5, 5.41) is 6.11. The van der Waals surface area contributed by atoms with Crippen LogP contribution in [0.3, 0.4) is 0 Å². The maximum Gasteiger partial charge on any atom is 0.412 e. The van der Waals surface area contributed by atoms with Crippen LogP contribution in [0, 0.1) is 11.8 Å². The van der Waals surface area contributed by atoms with Gasteiger partial charge < -0.3 is 20.3 Å². The molecule has 1 aliphatic heterocycles. The normalized spacial score (nSPS) is 30.8. The molecule has 1 aromatic rings. The molecule has 5 rings (SSSR count). The smallest absolute Gasteiger partial charge is 0.411 e. The fourth-order valence-corrected chi connectivity index (χ4v) is 5.69. The molecule has 3 aliphatic carbocycles. The van der Waals surface area contributed by atoms with Crippen LogP contribution >= 0.6 is 0 Å². The Morgan fingerprint density at radius 3 is 2.69 bits per heavy atom. The summed E-state index contributed by atoms with van der Waals surface area (Å²) in [6.07, 6.45) is 9.97. The van der Waals surface area contributed by atoms with Crippen LogP contribution in [-0.2, 0) is 11.3 Å². The molecule has 2 saturated carbocycles. The van der Waals surface area contributed by atoms with Gasteiger partial charge in [0.15, 0.2) is 0 Å². The lowest BCUT2D eigenvalue weighted by Gasteiger charge is -2.31. The summed E-state index contributed by atoms with van der Waals surface area (Å²) >= 11 is 0. The van der Waals surface area contributed by atoms with E-state index in [-0.39, 0.29) is 24.0 Å². The zero-order valence-corrected chi connectivity index (χ0v) is 18.7. The average Bonchev–Trinajstić information content (AvgIpc) is 3.51. The number of urea groups is 1. The number of allylic oxidation sites excluding steroid dienone is 1. The van der Waals surface area contributed by atoms with Gasteiger partial charge in [0.1, 0.15) is 5.76 Å². The van der Waals surface area contributed by atoms with E-state index in [1.165, 1.54) is 0 Å². The molecule has 7 heteroatoms. The van der Waals surface area contributed by atoms with Gasteiger partial charge in [-0.2, -0.15) is 0 Å². The molecule has 2 N–H and O–H groups in total. The minimum absolute atomic E-state index is 0.0478. The zero-order valence-electron chi connectivity index (χ0n) is 18.7. The van der Waals surface area contributed by atoms with E-state index >= 15 is 0 Å². The second-order valence-electron chi connectivity index (χ2n) is 9.52. The molecular formula is C25H32N4O3. The molecular weight excluding hydrogens is 404 g/mol. The van der Waals surface area contributed by atoms with E-state index < -0.39 is 6.09 Å². The van der Waals surface area contributed by atoms with Crippen molar-refractivity contribution in [2.45, 2.75) is 56.4 Å². The molecule has 3 amide bonds. The van der Waals surface area contributed by atoms with Gasteiger partial charge in [-0.1, -0.05) is 36.4 Å². The highest BCUT2D eigenvalue weighted by molar-refractivity contribution is 5.75. The van der Waals surface area contributed by atoms with Crippen LogP contribution in [0.4, 0.5) is 9.59 Å². The number of nitrogens with one attached hydrogen (secondary N) is 2. The number of amides is 3. The summed E-state index contributed by atoms with van der Waals surface area (Å²) in [6, 6.07) is 11.0. The Kier molecular flexibility index (Phi) is 5.67. The maximum atomic E-state index is 12.6. The van der Waals surface area contributed by atoms with Crippen molar-refractivity contribution in [1.29, 1.82) is 0 Å². The molecule has 0 spiro atoms. The summed E-state index contributed by atoms with van der Waals surface area (Å²) in [7, 11) is 4.05. The van der Waals surface area contributed by atoms with Gasteiger partial charge in [0.25, 0.3) is 0 Å². The van der Waals surface area contributed by atoms with E-state index in [1.807, 2.05) is 48.4 Å². The van der Waals surface area contributed by atoms with Crippen LogP contribution < -0.4 is 10.6 Å². The maximum absolute atomic E-state index is 12.6. The molecule has 1 aromatic carbocycles. The van der Waals surface area contributed by atoms with Gasteiger partial charge >= 0.3 is 12.1 Å². The Morgan fingerprint density at radius 1 is 1.16 bits per heavy atom. The highest BCUT2D eigenvalue weighted by atomic mass is 16.6. The van der Waals surface area contributed by atoms with Crippen molar-refractivity contribution in [1.82, 2.24) is 20.4 Å². The van der Waals surface area contributed by atoms with E-state index in [4.69, 9.17) is 4.74 Å². The quantitative estimate of drug-likeness (QED) is 0.743. The largest absolute Gasteiger partial charge is 0.412 e. The summed E-state index contributed by atoms with van der Waals surface area (Å²) in [4.78, 5) is 29.2. The van der Waals surface area contributed by atoms with Gasteiger partial charge in [0.05, 0.1) is 0 Å². The Labute approximate surface area is 189 Å². The lowest BCUT2D eigenvalue weighted by Crippen LogP contribution is -2.51.